The van der Waals surface area contributed by atoms with Crippen molar-refractivity contribution >= 4 is 5.97 Å². The number of hydrogen-bond acceptors (Lipinski definition) is 3. The van der Waals surface area contributed by atoms with E-state index in [9.17, 15) is 4.79 Å². The van der Waals surface area contributed by atoms with Gasteiger partial charge in [0.05, 0.1) is 5.92 Å². The molecular weight excluding hydrogens is 154 g/mol. The lowest BCUT2D eigenvalue weighted by molar-refractivity contribution is -0.154. The Morgan fingerprint density at radius 3 is 2.75 bits per heavy atom. The third-order valence-corrected chi connectivity index (χ3v) is 3.22. The Kier molecular flexibility index (Phi) is 1.28. The summed E-state index contributed by atoms with van der Waals surface area (Å²) in [6.07, 6.45) is 3.63. The molecule has 0 aromatic heterocycles. The van der Waals surface area contributed by atoms with Gasteiger partial charge in [0.2, 0.25) is 0 Å². The molecular formula is C9H13NO2. The summed E-state index contributed by atoms with van der Waals surface area (Å²) in [5.74, 6) is 0.843. The van der Waals surface area contributed by atoms with Gasteiger partial charge in [-0.15, -0.1) is 0 Å². The van der Waals surface area contributed by atoms with E-state index < -0.39 is 0 Å². The van der Waals surface area contributed by atoms with E-state index in [0.717, 1.165) is 19.4 Å². The van der Waals surface area contributed by atoms with E-state index in [-0.39, 0.29) is 18.0 Å². The lowest BCUT2D eigenvalue weighted by Crippen LogP contribution is -2.43. The van der Waals surface area contributed by atoms with Crippen molar-refractivity contribution in [2.75, 3.05) is 6.54 Å². The molecule has 4 aliphatic rings. The Bertz CT molecular complexity index is 211. The van der Waals surface area contributed by atoms with Gasteiger partial charge in [-0.25, -0.2) is 0 Å². The SMILES string of the molecule is O=C(OC1CC1)C1C2CNC1C2. The van der Waals surface area contributed by atoms with Gasteiger partial charge in [0.1, 0.15) is 6.10 Å². The van der Waals surface area contributed by atoms with E-state index in [1.165, 1.54) is 6.42 Å². The second-order valence-corrected chi connectivity index (χ2v) is 4.17. The molecule has 2 aliphatic heterocycles. The molecule has 2 saturated heterocycles. The number of hydrogen-bond donors (Lipinski definition) is 1. The Labute approximate surface area is 71.5 Å². The van der Waals surface area contributed by atoms with Crippen LogP contribution in [0.2, 0.25) is 0 Å². The molecule has 0 aromatic carbocycles. The standard InChI is InChI=1S/C9H13NO2/c11-9(12-6-1-2-6)8-5-3-7(8)10-4-5/h5-8,10H,1-4H2. The molecule has 3 nitrogen and oxygen atoms in total. The number of nitrogens with one attached hydrogen (secondary N) is 1. The van der Waals surface area contributed by atoms with Gasteiger partial charge in [-0.1, -0.05) is 0 Å². The Morgan fingerprint density at radius 2 is 2.25 bits per heavy atom. The predicted molar refractivity (Wildman–Crippen MR) is 42.5 cm³/mol. The molecule has 2 saturated carbocycles. The van der Waals surface area contributed by atoms with Crippen molar-refractivity contribution < 1.29 is 9.53 Å². The highest BCUT2D eigenvalue weighted by Crippen LogP contribution is 2.41. The van der Waals surface area contributed by atoms with E-state index in [0.29, 0.717) is 12.0 Å². The van der Waals surface area contributed by atoms with Gasteiger partial charge < -0.3 is 10.1 Å². The minimum absolute atomic E-state index is 0.0590. The predicted octanol–water partition coefficient (Wildman–Crippen LogP) is 0.300. The first-order chi connectivity index (χ1) is 5.84. The summed E-state index contributed by atoms with van der Waals surface area (Å²) < 4.78 is 5.27. The van der Waals surface area contributed by atoms with Crippen LogP contribution in [0, 0.1) is 11.8 Å². The summed E-state index contributed by atoms with van der Waals surface area (Å²) >= 11 is 0. The van der Waals surface area contributed by atoms with Crippen LogP contribution in [-0.4, -0.2) is 24.7 Å². The lowest BCUT2D eigenvalue weighted by atomic mass is 9.74. The van der Waals surface area contributed by atoms with Gasteiger partial charge in [0, 0.05) is 6.04 Å². The third kappa shape index (κ3) is 0.891. The molecule has 0 spiro atoms. The van der Waals surface area contributed by atoms with E-state index in [1.807, 2.05) is 0 Å². The minimum Gasteiger partial charge on any atom is -0.462 e. The largest absolute Gasteiger partial charge is 0.462 e. The van der Waals surface area contributed by atoms with Crippen molar-refractivity contribution in [3.63, 3.8) is 0 Å². The van der Waals surface area contributed by atoms with Crippen LogP contribution >= 0.6 is 0 Å². The summed E-state index contributed by atoms with van der Waals surface area (Å²) in [5, 5.41) is 3.32. The summed E-state index contributed by atoms with van der Waals surface area (Å²) in [7, 11) is 0. The fraction of sp³-hybridized carbons (Fsp3) is 0.889. The van der Waals surface area contributed by atoms with Crippen molar-refractivity contribution in [1.29, 1.82) is 0 Å². The van der Waals surface area contributed by atoms with E-state index >= 15 is 0 Å². The maximum Gasteiger partial charge on any atom is 0.311 e. The van der Waals surface area contributed by atoms with Gasteiger partial charge in [-0.05, 0) is 31.7 Å². The quantitative estimate of drug-likeness (QED) is 0.601. The molecule has 2 bridgehead atoms. The molecule has 0 aromatic rings. The van der Waals surface area contributed by atoms with E-state index in [1.54, 1.807) is 0 Å². The number of esters is 1. The molecule has 0 radical (unpaired) electrons. The second kappa shape index (κ2) is 2.22. The lowest BCUT2D eigenvalue weighted by Gasteiger charge is -2.32. The maximum absolute atomic E-state index is 11.5. The summed E-state index contributed by atoms with van der Waals surface area (Å²) in [6, 6.07) is 0.446. The van der Waals surface area contributed by atoms with E-state index in [2.05, 4.69) is 5.32 Å². The fourth-order valence-electron chi connectivity index (χ4n) is 2.26. The summed E-state index contributed by atoms with van der Waals surface area (Å²) in [5.41, 5.74) is 0. The first-order valence-corrected chi connectivity index (χ1v) is 4.78. The molecule has 3 atom stereocenters. The number of fused-ring (bicyclic) bond motifs is 1. The normalized spacial score (nSPS) is 43.8. The molecule has 1 N–H and O–H groups in total. The monoisotopic (exact) mass is 167 g/mol. The first-order valence-electron chi connectivity index (χ1n) is 4.78. The molecule has 12 heavy (non-hydrogen) atoms. The van der Waals surface area contributed by atoms with Crippen LogP contribution < -0.4 is 5.32 Å². The maximum atomic E-state index is 11.5. The average molecular weight is 167 g/mol. The van der Waals surface area contributed by atoms with Crippen LogP contribution in [-0.2, 0) is 9.53 Å². The molecule has 4 fully saturated rings. The zero-order valence-electron chi connectivity index (χ0n) is 6.95. The molecule has 3 unspecified atom stereocenters. The van der Waals surface area contributed by atoms with Crippen molar-refractivity contribution in [2.45, 2.75) is 31.4 Å². The number of carbonyl (C=O) groups is 1. The van der Waals surface area contributed by atoms with Crippen molar-refractivity contribution in [3.8, 4) is 0 Å². The van der Waals surface area contributed by atoms with Crippen LogP contribution in [0.3, 0.4) is 0 Å². The second-order valence-electron chi connectivity index (χ2n) is 4.17. The topological polar surface area (TPSA) is 38.3 Å². The van der Waals surface area contributed by atoms with Gasteiger partial charge in [-0.2, -0.15) is 0 Å². The van der Waals surface area contributed by atoms with Gasteiger partial charge in [0.25, 0.3) is 0 Å². The Balaban J connectivity index is 1.61. The molecule has 3 heteroatoms. The van der Waals surface area contributed by atoms with Crippen molar-refractivity contribution in [2.24, 2.45) is 11.8 Å². The molecule has 0 amide bonds. The van der Waals surface area contributed by atoms with Gasteiger partial charge in [0.15, 0.2) is 0 Å². The molecule has 4 rings (SSSR count). The first kappa shape index (κ1) is 6.89. The van der Waals surface area contributed by atoms with Crippen LogP contribution in [0.4, 0.5) is 0 Å². The highest BCUT2D eigenvalue weighted by atomic mass is 16.5. The zero-order chi connectivity index (χ0) is 8.13. The third-order valence-electron chi connectivity index (χ3n) is 3.22. The van der Waals surface area contributed by atoms with Gasteiger partial charge >= 0.3 is 5.97 Å². The van der Waals surface area contributed by atoms with Crippen LogP contribution in [0.15, 0.2) is 0 Å². The number of rotatable bonds is 2. The Morgan fingerprint density at radius 1 is 1.42 bits per heavy atom. The highest BCUT2D eigenvalue weighted by molar-refractivity contribution is 5.76. The number of ether oxygens (including phenoxy) is 1. The van der Waals surface area contributed by atoms with Crippen molar-refractivity contribution in [1.82, 2.24) is 5.32 Å². The van der Waals surface area contributed by atoms with Crippen LogP contribution in [0.25, 0.3) is 0 Å². The minimum atomic E-state index is 0.0590. The van der Waals surface area contributed by atoms with Crippen LogP contribution in [0.1, 0.15) is 19.3 Å². The summed E-state index contributed by atoms with van der Waals surface area (Å²) in [4.78, 5) is 11.5. The van der Waals surface area contributed by atoms with Crippen molar-refractivity contribution in [3.05, 3.63) is 0 Å². The highest BCUT2D eigenvalue weighted by Gasteiger charge is 2.52. The Hall–Kier alpha value is -0.570. The molecule has 2 aliphatic carbocycles. The smallest absolute Gasteiger partial charge is 0.311 e. The molecule has 2 heterocycles. The zero-order valence-corrected chi connectivity index (χ0v) is 6.95. The van der Waals surface area contributed by atoms with Gasteiger partial charge in [-0.3, -0.25) is 4.79 Å². The van der Waals surface area contributed by atoms with E-state index in [4.69, 9.17) is 4.74 Å². The average Bonchev–Trinajstić information content (AvgIpc) is 2.59. The number of carbonyl (C=O) groups excluding carboxylic acids is 1. The molecule has 66 valence electrons. The summed E-state index contributed by atoms with van der Waals surface area (Å²) in [6.45, 7) is 1.02. The van der Waals surface area contributed by atoms with Crippen LogP contribution in [0.5, 0.6) is 0 Å². The fourth-order valence-corrected chi connectivity index (χ4v) is 2.26.